The highest BCUT2D eigenvalue weighted by Gasteiger charge is 2.30. The maximum atomic E-state index is 12.5. The zero-order valence-corrected chi connectivity index (χ0v) is 12.9. The lowest BCUT2D eigenvalue weighted by molar-refractivity contribution is -0.135. The lowest BCUT2D eigenvalue weighted by Gasteiger charge is -2.35. The lowest BCUT2D eigenvalue weighted by Crippen LogP contribution is -2.46. The first-order valence-electron chi connectivity index (χ1n) is 7.40. The van der Waals surface area contributed by atoms with Crippen molar-refractivity contribution in [3.8, 4) is 0 Å². The van der Waals surface area contributed by atoms with E-state index in [0.717, 1.165) is 38.9 Å². The monoisotopic (exact) mass is 284 g/mol. The van der Waals surface area contributed by atoms with Gasteiger partial charge in [-0.3, -0.25) is 4.79 Å². The van der Waals surface area contributed by atoms with Gasteiger partial charge in [-0.15, -0.1) is 0 Å². The van der Waals surface area contributed by atoms with Crippen molar-refractivity contribution in [2.24, 2.45) is 22.7 Å². The molecule has 20 heavy (non-hydrogen) atoms. The van der Waals surface area contributed by atoms with Crippen molar-refractivity contribution in [3.05, 3.63) is 0 Å². The molecule has 0 bridgehead atoms. The Balaban J connectivity index is 2.56. The number of amidine groups is 1. The van der Waals surface area contributed by atoms with Crippen LogP contribution >= 0.6 is 0 Å². The van der Waals surface area contributed by atoms with Crippen molar-refractivity contribution in [1.82, 2.24) is 9.80 Å². The number of likely N-dealkylation sites (tertiary alicyclic amines) is 1. The Hall–Kier alpha value is -1.30. The summed E-state index contributed by atoms with van der Waals surface area (Å²) >= 11 is 0. The molecule has 0 aromatic heterocycles. The molecule has 1 fully saturated rings. The van der Waals surface area contributed by atoms with Gasteiger partial charge in [0, 0.05) is 19.6 Å². The molecule has 1 amide bonds. The highest BCUT2D eigenvalue weighted by atomic mass is 16.4. The Morgan fingerprint density at radius 2 is 2.05 bits per heavy atom. The molecule has 6 heteroatoms. The number of nitrogens with two attached hydrogens (primary N) is 1. The van der Waals surface area contributed by atoms with Gasteiger partial charge in [0.25, 0.3) is 0 Å². The second kappa shape index (κ2) is 8.09. The van der Waals surface area contributed by atoms with Crippen LogP contribution in [0.25, 0.3) is 0 Å². The number of hydrogen-bond donors (Lipinski definition) is 2. The fourth-order valence-electron chi connectivity index (χ4n) is 2.83. The van der Waals surface area contributed by atoms with Gasteiger partial charge in [-0.2, -0.15) is 0 Å². The molecule has 0 radical (unpaired) electrons. The first-order chi connectivity index (χ1) is 9.49. The number of piperidine rings is 1. The maximum Gasteiger partial charge on any atom is 0.233 e. The summed E-state index contributed by atoms with van der Waals surface area (Å²) in [5.74, 6) is 0.218. The summed E-state index contributed by atoms with van der Waals surface area (Å²) in [6.45, 7) is 4.61. The van der Waals surface area contributed by atoms with E-state index in [2.05, 4.69) is 24.2 Å². The number of rotatable bonds is 6. The average molecular weight is 284 g/mol. The minimum absolute atomic E-state index is 0.00505. The lowest BCUT2D eigenvalue weighted by atomic mass is 9.94. The maximum absolute atomic E-state index is 12.5. The minimum Gasteiger partial charge on any atom is -0.409 e. The molecule has 116 valence electrons. The Morgan fingerprint density at radius 1 is 1.45 bits per heavy atom. The van der Waals surface area contributed by atoms with Crippen LogP contribution in [-0.4, -0.2) is 60.5 Å². The second-order valence-corrected chi connectivity index (χ2v) is 5.90. The first kappa shape index (κ1) is 16.8. The molecule has 6 nitrogen and oxygen atoms in total. The van der Waals surface area contributed by atoms with Crippen molar-refractivity contribution >= 4 is 11.7 Å². The van der Waals surface area contributed by atoms with E-state index >= 15 is 0 Å². The van der Waals surface area contributed by atoms with E-state index in [-0.39, 0.29) is 11.7 Å². The molecule has 0 saturated carbocycles. The van der Waals surface area contributed by atoms with Gasteiger partial charge in [-0.1, -0.05) is 18.5 Å². The van der Waals surface area contributed by atoms with Crippen LogP contribution in [0.15, 0.2) is 5.16 Å². The van der Waals surface area contributed by atoms with Crippen molar-refractivity contribution < 1.29 is 10.0 Å². The van der Waals surface area contributed by atoms with E-state index in [1.165, 1.54) is 0 Å². The van der Waals surface area contributed by atoms with E-state index in [0.29, 0.717) is 12.3 Å². The normalized spacial score (nSPS) is 19.4. The number of nitrogens with zero attached hydrogens (tertiary/aromatic N) is 3. The summed E-state index contributed by atoms with van der Waals surface area (Å²) in [5, 5.41) is 11.8. The predicted octanol–water partition coefficient (Wildman–Crippen LogP) is 0.949. The van der Waals surface area contributed by atoms with E-state index in [1.807, 2.05) is 11.8 Å². The van der Waals surface area contributed by atoms with Crippen molar-refractivity contribution in [2.45, 2.75) is 32.6 Å². The topological polar surface area (TPSA) is 82.2 Å². The molecule has 1 atom stereocenters. The predicted molar refractivity (Wildman–Crippen MR) is 79.7 cm³/mol. The Labute approximate surface area is 121 Å². The number of amides is 1. The number of hydrogen-bond acceptors (Lipinski definition) is 4. The van der Waals surface area contributed by atoms with Gasteiger partial charge in [0.2, 0.25) is 5.91 Å². The van der Waals surface area contributed by atoms with Gasteiger partial charge in [0.15, 0.2) is 5.84 Å². The van der Waals surface area contributed by atoms with Gasteiger partial charge in [-0.05, 0) is 39.3 Å². The quantitative estimate of drug-likeness (QED) is 0.329. The molecular formula is C14H28N4O2. The summed E-state index contributed by atoms with van der Waals surface area (Å²) in [5.41, 5.74) is 5.65. The largest absolute Gasteiger partial charge is 0.409 e. The van der Waals surface area contributed by atoms with Gasteiger partial charge in [0.05, 0.1) is 5.92 Å². The van der Waals surface area contributed by atoms with Crippen LogP contribution in [0.2, 0.25) is 0 Å². The summed E-state index contributed by atoms with van der Waals surface area (Å²) in [6.07, 6.45) is 3.52. The summed E-state index contributed by atoms with van der Waals surface area (Å²) in [4.78, 5) is 16.5. The molecule has 1 aliphatic rings. The van der Waals surface area contributed by atoms with Crippen molar-refractivity contribution in [3.63, 3.8) is 0 Å². The van der Waals surface area contributed by atoms with Gasteiger partial charge in [-0.25, -0.2) is 0 Å². The summed E-state index contributed by atoms with van der Waals surface area (Å²) in [7, 11) is 4.15. The zero-order valence-electron chi connectivity index (χ0n) is 12.9. The minimum atomic E-state index is -0.476. The molecule has 1 saturated heterocycles. The molecule has 0 aromatic carbocycles. The standard InChI is InChI=1S/C14H28N4O2/c1-4-5-12(13(15)16-20)14(19)18-8-6-11(7-9-18)10-17(2)3/h11-12,20H,4-10H2,1-3H3,(H2,15,16). The summed E-state index contributed by atoms with van der Waals surface area (Å²) in [6, 6.07) is 0. The third-order valence-corrected chi connectivity index (χ3v) is 3.90. The van der Waals surface area contributed by atoms with Crippen LogP contribution in [0, 0.1) is 11.8 Å². The second-order valence-electron chi connectivity index (χ2n) is 5.90. The molecular weight excluding hydrogens is 256 g/mol. The molecule has 0 aromatic rings. The molecule has 3 N–H and O–H groups in total. The Kier molecular flexibility index (Phi) is 6.78. The van der Waals surface area contributed by atoms with E-state index < -0.39 is 5.92 Å². The third kappa shape index (κ3) is 4.67. The Morgan fingerprint density at radius 3 is 2.50 bits per heavy atom. The number of carbonyl (C=O) groups excluding carboxylic acids is 1. The van der Waals surface area contributed by atoms with Crippen LogP contribution in [-0.2, 0) is 4.79 Å². The SMILES string of the molecule is CCCC(C(=O)N1CCC(CN(C)C)CC1)C(N)=NO. The van der Waals surface area contributed by atoms with E-state index in [9.17, 15) is 4.79 Å². The fourth-order valence-corrected chi connectivity index (χ4v) is 2.83. The highest BCUT2D eigenvalue weighted by molar-refractivity contribution is 6.02. The molecule has 0 aliphatic carbocycles. The molecule has 1 rings (SSSR count). The van der Waals surface area contributed by atoms with E-state index in [1.54, 1.807) is 0 Å². The molecule has 1 aliphatic heterocycles. The number of oxime groups is 1. The molecule has 1 heterocycles. The number of carbonyl (C=O) groups is 1. The van der Waals surface area contributed by atoms with Crippen LogP contribution in [0.5, 0.6) is 0 Å². The van der Waals surface area contributed by atoms with Crippen molar-refractivity contribution in [1.29, 1.82) is 0 Å². The Bertz CT molecular complexity index is 336. The van der Waals surface area contributed by atoms with Crippen LogP contribution < -0.4 is 5.73 Å². The van der Waals surface area contributed by atoms with Crippen LogP contribution in [0.4, 0.5) is 0 Å². The molecule has 1 unspecified atom stereocenters. The highest BCUT2D eigenvalue weighted by Crippen LogP contribution is 2.21. The zero-order chi connectivity index (χ0) is 15.1. The van der Waals surface area contributed by atoms with Gasteiger partial charge < -0.3 is 20.7 Å². The van der Waals surface area contributed by atoms with Gasteiger partial charge >= 0.3 is 0 Å². The average Bonchev–Trinajstić information content (AvgIpc) is 2.43. The summed E-state index contributed by atoms with van der Waals surface area (Å²) < 4.78 is 0. The van der Waals surface area contributed by atoms with Gasteiger partial charge in [0.1, 0.15) is 0 Å². The van der Waals surface area contributed by atoms with Crippen molar-refractivity contribution in [2.75, 3.05) is 33.7 Å². The fraction of sp³-hybridized carbons (Fsp3) is 0.857. The van der Waals surface area contributed by atoms with Crippen LogP contribution in [0.3, 0.4) is 0 Å². The third-order valence-electron chi connectivity index (χ3n) is 3.90. The van der Waals surface area contributed by atoms with E-state index in [4.69, 9.17) is 10.9 Å². The smallest absolute Gasteiger partial charge is 0.233 e. The first-order valence-corrected chi connectivity index (χ1v) is 7.40. The molecule has 0 spiro atoms. The van der Waals surface area contributed by atoms with Crippen LogP contribution in [0.1, 0.15) is 32.6 Å².